The number of ether oxygens (including phenoxy) is 2. The molecule has 0 aliphatic rings. The van der Waals surface area contributed by atoms with Crippen molar-refractivity contribution in [1.29, 1.82) is 0 Å². The molecule has 0 amide bonds. The number of likely N-dealkylation sites (N-methyl/N-ethyl adjacent to an activating group) is 1. The molecule has 0 aliphatic heterocycles. The third-order valence-corrected chi connectivity index (χ3v) is 3.31. The lowest BCUT2D eigenvalue weighted by Gasteiger charge is -2.25. The summed E-state index contributed by atoms with van der Waals surface area (Å²) in [5, 5.41) is 0. The molecule has 4 nitrogen and oxygen atoms in total. The Morgan fingerprint density at radius 1 is 1.25 bits per heavy atom. The standard InChI is InChI=1S/C15H26N2O2.ClH/c1-13(17(2)9-11-19-10-8-16)12-14-6-4-5-7-15(14)18-3;/h4-7,13H,8-12,16H2,1-3H3;1H. The molecule has 1 atom stereocenters. The summed E-state index contributed by atoms with van der Waals surface area (Å²) in [6, 6.07) is 8.62. The molecule has 2 N–H and O–H groups in total. The van der Waals surface area contributed by atoms with Gasteiger partial charge in [0.05, 0.1) is 20.3 Å². The molecule has 1 aromatic rings. The minimum Gasteiger partial charge on any atom is -0.496 e. The highest BCUT2D eigenvalue weighted by atomic mass is 35.5. The van der Waals surface area contributed by atoms with Gasteiger partial charge in [0.2, 0.25) is 0 Å². The Morgan fingerprint density at radius 2 is 1.95 bits per heavy atom. The molecule has 116 valence electrons. The van der Waals surface area contributed by atoms with Crippen LogP contribution in [0.5, 0.6) is 5.75 Å². The van der Waals surface area contributed by atoms with E-state index in [1.54, 1.807) is 7.11 Å². The fourth-order valence-corrected chi connectivity index (χ4v) is 1.96. The van der Waals surface area contributed by atoms with Crippen molar-refractivity contribution in [2.24, 2.45) is 5.73 Å². The van der Waals surface area contributed by atoms with Crippen molar-refractivity contribution in [3.05, 3.63) is 29.8 Å². The van der Waals surface area contributed by atoms with Crippen LogP contribution in [0.3, 0.4) is 0 Å². The maximum atomic E-state index is 5.41. The Kier molecular flexibility index (Phi) is 10.5. The molecule has 0 aromatic heterocycles. The smallest absolute Gasteiger partial charge is 0.122 e. The van der Waals surface area contributed by atoms with Crippen LogP contribution in [-0.4, -0.2) is 51.4 Å². The summed E-state index contributed by atoms with van der Waals surface area (Å²) in [5.74, 6) is 0.960. The Bertz CT molecular complexity index is 363. The summed E-state index contributed by atoms with van der Waals surface area (Å²) < 4.78 is 10.8. The first-order valence-electron chi connectivity index (χ1n) is 6.79. The van der Waals surface area contributed by atoms with Gasteiger partial charge in [-0.1, -0.05) is 18.2 Å². The maximum Gasteiger partial charge on any atom is 0.122 e. The second kappa shape index (κ2) is 10.9. The maximum absolute atomic E-state index is 5.41. The molecule has 1 unspecified atom stereocenters. The van der Waals surface area contributed by atoms with Crippen LogP contribution in [0, 0.1) is 0 Å². The fourth-order valence-electron chi connectivity index (χ4n) is 1.96. The summed E-state index contributed by atoms with van der Waals surface area (Å²) in [7, 11) is 3.83. The van der Waals surface area contributed by atoms with Gasteiger partial charge in [0.15, 0.2) is 0 Å². The Hall–Kier alpha value is -0.810. The average Bonchev–Trinajstić information content (AvgIpc) is 2.44. The van der Waals surface area contributed by atoms with Crippen LogP contribution in [-0.2, 0) is 11.2 Å². The molecule has 0 fully saturated rings. The molecule has 0 bridgehead atoms. The van der Waals surface area contributed by atoms with E-state index in [9.17, 15) is 0 Å². The van der Waals surface area contributed by atoms with Crippen molar-refractivity contribution < 1.29 is 9.47 Å². The van der Waals surface area contributed by atoms with Gasteiger partial charge in [0.25, 0.3) is 0 Å². The van der Waals surface area contributed by atoms with E-state index in [1.807, 2.05) is 12.1 Å². The highest BCUT2D eigenvalue weighted by Crippen LogP contribution is 2.20. The van der Waals surface area contributed by atoms with E-state index in [1.165, 1.54) is 5.56 Å². The number of methoxy groups -OCH3 is 1. The monoisotopic (exact) mass is 302 g/mol. The largest absolute Gasteiger partial charge is 0.496 e. The number of rotatable bonds is 9. The summed E-state index contributed by atoms with van der Waals surface area (Å²) in [6.07, 6.45) is 0.970. The molecule has 0 aliphatic carbocycles. The fraction of sp³-hybridized carbons (Fsp3) is 0.600. The normalized spacial score (nSPS) is 12.1. The van der Waals surface area contributed by atoms with Gasteiger partial charge in [-0.05, 0) is 32.0 Å². The molecular formula is C15H27ClN2O2. The van der Waals surface area contributed by atoms with Gasteiger partial charge < -0.3 is 20.1 Å². The highest BCUT2D eigenvalue weighted by Gasteiger charge is 2.12. The zero-order valence-electron chi connectivity index (χ0n) is 12.7. The molecule has 1 aromatic carbocycles. The minimum atomic E-state index is 0. The van der Waals surface area contributed by atoms with Crippen molar-refractivity contribution in [1.82, 2.24) is 4.90 Å². The molecule has 5 heteroatoms. The van der Waals surface area contributed by atoms with E-state index in [4.69, 9.17) is 15.2 Å². The van der Waals surface area contributed by atoms with Crippen molar-refractivity contribution >= 4 is 12.4 Å². The van der Waals surface area contributed by atoms with Crippen molar-refractivity contribution in [3.8, 4) is 5.75 Å². The van der Waals surface area contributed by atoms with Crippen LogP contribution in [0.15, 0.2) is 24.3 Å². The van der Waals surface area contributed by atoms with Crippen molar-refractivity contribution in [2.75, 3.05) is 40.5 Å². The Balaban J connectivity index is 0.00000361. The van der Waals surface area contributed by atoms with Gasteiger partial charge in [-0.15, -0.1) is 12.4 Å². The van der Waals surface area contributed by atoms with Gasteiger partial charge in [-0.3, -0.25) is 0 Å². The predicted octanol–water partition coefficient (Wildman–Crippen LogP) is 1.96. The summed E-state index contributed by atoms with van der Waals surface area (Å²) in [6.45, 7) is 5.07. The van der Waals surface area contributed by atoms with Crippen LogP contribution in [0.1, 0.15) is 12.5 Å². The predicted molar refractivity (Wildman–Crippen MR) is 85.9 cm³/mol. The number of halogens is 1. The van der Waals surface area contributed by atoms with E-state index in [-0.39, 0.29) is 12.4 Å². The van der Waals surface area contributed by atoms with Gasteiger partial charge >= 0.3 is 0 Å². The lowest BCUT2D eigenvalue weighted by Crippen LogP contribution is -2.34. The number of hydrogen-bond acceptors (Lipinski definition) is 4. The zero-order valence-corrected chi connectivity index (χ0v) is 13.5. The summed E-state index contributed by atoms with van der Waals surface area (Å²) in [5.41, 5.74) is 6.63. The third-order valence-electron chi connectivity index (χ3n) is 3.31. The number of nitrogens with two attached hydrogens (primary N) is 1. The van der Waals surface area contributed by atoms with Gasteiger partial charge in [0, 0.05) is 19.1 Å². The highest BCUT2D eigenvalue weighted by molar-refractivity contribution is 5.85. The van der Waals surface area contributed by atoms with E-state index in [0.717, 1.165) is 25.3 Å². The van der Waals surface area contributed by atoms with E-state index in [2.05, 4.69) is 31.0 Å². The number of hydrogen-bond donors (Lipinski definition) is 1. The van der Waals surface area contributed by atoms with Crippen molar-refractivity contribution in [2.45, 2.75) is 19.4 Å². The molecule has 0 saturated carbocycles. The van der Waals surface area contributed by atoms with E-state index < -0.39 is 0 Å². The molecule has 0 radical (unpaired) electrons. The van der Waals surface area contributed by atoms with Crippen LogP contribution in [0.2, 0.25) is 0 Å². The average molecular weight is 303 g/mol. The Labute approximate surface area is 128 Å². The lowest BCUT2D eigenvalue weighted by molar-refractivity contribution is 0.106. The molecule has 0 spiro atoms. The number of para-hydroxylation sites is 1. The van der Waals surface area contributed by atoms with Crippen molar-refractivity contribution in [3.63, 3.8) is 0 Å². The molecule has 20 heavy (non-hydrogen) atoms. The van der Waals surface area contributed by atoms with Crippen LogP contribution < -0.4 is 10.5 Å². The molecule has 0 heterocycles. The molecular weight excluding hydrogens is 276 g/mol. The van der Waals surface area contributed by atoms with E-state index >= 15 is 0 Å². The Morgan fingerprint density at radius 3 is 2.60 bits per heavy atom. The SMILES string of the molecule is COc1ccccc1CC(C)N(C)CCOCCN.Cl. The van der Waals surface area contributed by atoms with Crippen LogP contribution in [0.25, 0.3) is 0 Å². The van der Waals surface area contributed by atoms with Gasteiger partial charge in [0.1, 0.15) is 5.75 Å². The van der Waals surface area contributed by atoms with Gasteiger partial charge in [-0.25, -0.2) is 0 Å². The minimum absolute atomic E-state index is 0. The second-order valence-corrected chi connectivity index (χ2v) is 4.75. The second-order valence-electron chi connectivity index (χ2n) is 4.75. The van der Waals surface area contributed by atoms with Crippen LogP contribution in [0.4, 0.5) is 0 Å². The lowest BCUT2D eigenvalue weighted by atomic mass is 10.1. The quantitative estimate of drug-likeness (QED) is 0.708. The zero-order chi connectivity index (χ0) is 14.1. The number of benzene rings is 1. The van der Waals surface area contributed by atoms with Crippen LogP contribution >= 0.6 is 12.4 Å². The van der Waals surface area contributed by atoms with E-state index in [0.29, 0.717) is 19.2 Å². The summed E-state index contributed by atoms with van der Waals surface area (Å²) >= 11 is 0. The number of nitrogens with zero attached hydrogens (tertiary/aromatic N) is 1. The first kappa shape index (κ1) is 19.2. The third kappa shape index (κ3) is 6.57. The first-order valence-corrected chi connectivity index (χ1v) is 6.79. The molecule has 0 saturated heterocycles. The molecule has 1 rings (SSSR count). The topological polar surface area (TPSA) is 47.7 Å². The summed E-state index contributed by atoms with van der Waals surface area (Å²) in [4.78, 5) is 2.29. The van der Waals surface area contributed by atoms with Gasteiger partial charge in [-0.2, -0.15) is 0 Å². The first-order chi connectivity index (χ1) is 9.19.